The predicted octanol–water partition coefficient (Wildman–Crippen LogP) is 4.97. The Hall–Kier alpha value is -1.03. The van der Waals surface area contributed by atoms with E-state index in [1.54, 1.807) is 11.4 Å². The standard InChI is InChI=1S/C15H24O3S/c1-2-3-4-5-6-7-8-9-11-18-13-10-12-19-14(13)15(16)17/h10,12H,2-9,11H2,1H3,(H,16,17). The van der Waals surface area contributed by atoms with E-state index in [0.717, 1.165) is 6.42 Å². The van der Waals surface area contributed by atoms with Crippen LogP contribution in [-0.2, 0) is 0 Å². The Balaban J connectivity index is 2.02. The number of ether oxygens (including phenoxy) is 1. The van der Waals surface area contributed by atoms with Crippen LogP contribution in [0.15, 0.2) is 11.4 Å². The maximum Gasteiger partial charge on any atom is 0.349 e. The van der Waals surface area contributed by atoms with Crippen LogP contribution >= 0.6 is 11.3 Å². The molecule has 0 fully saturated rings. The first-order valence-electron chi connectivity index (χ1n) is 7.19. The van der Waals surface area contributed by atoms with E-state index in [2.05, 4.69) is 6.92 Å². The molecule has 4 heteroatoms. The van der Waals surface area contributed by atoms with Gasteiger partial charge >= 0.3 is 5.97 Å². The molecule has 0 atom stereocenters. The minimum absolute atomic E-state index is 0.305. The highest BCUT2D eigenvalue weighted by molar-refractivity contribution is 7.12. The minimum atomic E-state index is -0.902. The predicted molar refractivity (Wildman–Crippen MR) is 79.4 cm³/mol. The Kier molecular flexibility index (Phi) is 8.30. The van der Waals surface area contributed by atoms with Gasteiger partial charge < -0.3 is 9.84 Å². The van der Waals surface area contributed by atoms with Crippen LogP contribution in [0.4, 0.5) is 0 Å². The van der Waals surface area contributed by atoms with Gasteiger partial charge in [-0.25, -0.2) is 4.79 Å². The summed E-state index contributed by atoms with van der Waals surface area (Å²) in [6.07, 6.45) is 10.1. The van der Waals surface area contributed by atoms with Gasteiger partial charge in [0.05, 0.1) is 6.61 Å². The van der Waals surface area contributed by atoms with Crippen molar-refractivity contribution in [3.05, 3.63) is 16.3 Å². The summed E-state index contributed by atoms with van der Waals surface area (Å²) >= 11 is 1.21. The van der Waals surface area contributed by atoms with E-state index in [4.69, 9.17) is 9.84 Å². The van der Waals surface area contributed by atoms with Crippen molar-refractivity contribution in [2.45, 2.75) is 58.3 Å². The van der Waals surface area contributed by atoms with Crippen LogP contribution in [0.1, 0.15) is 68.0 Å². The van der Waals surface area contributed by atoms with Gasteiger partial charge in [0.25, 0.3) is 0 Å². The molecule has 1 aromatic rings. The number of carbonyl (C=O) groups is 1. The van der Waals surface area contributed by atoms with Gasteiger partial charge in [-0.2, -0.15) is 0 Å². The highest BCUT2D eigenvalue weighted by Gasteiger charge is 2.12. The Bertz CT molecular complexity index is 360. The van der Waals surface area contributed by atoms with Gasteiger partial charge in [-0.1, -0.05) is 51.9 Å². The summed E-state index contributed by atoms with van der Waals surface area (Å²) in [4.78, 5) is 11.2. The minimum Gasteiger partial charge on any atom is -0.492 e. The van der Waals surface area contributed by atoms with Gasteiger partial charge in [0.2, 0.25) is 0 Å². The van der Waals surface area contributed by atoms with Crippen LogP contribution in [0.25, 0.3) is 0 Å². The maximum atomic E-state index is 10.9. The van der Waals surface area contributed by atoms with Gasteiger partial charge in [-0.05, 0) is 17.9 Å². The van der Waals surface area contributed by atoms with Crippen LogP contribution in [0.3, 0.4) is 0 Å². The van der Waals surface area contributed by atoms with Gasteiger partial charge in [-0.15, -0.1) is 11.3 Å². The fourth-order valence-corrected chi connectivity index (χ4v) is 2.66. The monoisotopic (exact) mass is 284 g/mol. The number of unbranched alkanes of at least 4 members (excludes halogenated alkanes) is 7. The molecule has 0 amide bonds. The summed E-state index contributed by atoms with van der Waals surface area (Å²) < 4.78 is 5.51. The van der Waals surface area contributed by atoms with Crippen molar-refractivity contribution in [2.24, 2.45) is 0 Å². The van der Waals surface area contributed by atoms with Gasteiger partial charge in [0, 0.05) is 0 Å². The lowest BCUT2D eigenvalue weighted by atomic mass is 10.1. The van der Waals surface area contributed by atoms with Crippen molar-refractivity contribution in [2.75, 3.05) is 6.61 Å². The first kappa shape index (κ1) is 16.0. The molecule has 0 aliphatic rings. The fourth-order valence-electron chi connectivity index (χ4n) is 1.99. The number of carboxylic acid groups (broad SMARTS) is 1. The molecule has 3 nitrogen and oxygen atoms in total. The van der Waals surface area contributed by atoms with Crippen molar-refractivity contribution in [1.29, 1.82) is 0 Å². The molecule has 1 rings (SSSR count). The van der Waals surface area contributed by atoms with Crippen LogP contribution in [0.5, 0.6) is 5.75 Å². The summed E-state index contributed by atoms with van der Waals surface area (Å²) in [6.45, 7) is 2.85. The molecular formula is C15H24O3S. The molecule has 0 aromatic carbocycles. The SMILES string of the molecule is CCCCCCCCCCOc1ccsc1C(=O)O. The molecule has 19 heavy (non-hydrogen) atoms. The summed E-state index contributed by atoms with van der Waals surface area (Å²) in [7, 11) is 0. The lowest BCUT2D eigenvalue weighted by Gasteiger charge is -2.05. The molecule has 0 aliphatic heterocycles. The number of aromatic carboxylic acids is 1. The molecule has 108 valence electrons. The Labute approximate surface area is 119 Å². The molecule has 0 saturated heterocycles. The summed E-state index contributed by atoms with van der Waals surface area (Å²) in [5, 5.41) is 10.7. The lowest BCUT2D eigenvalue weighted by Crippen LogP contribution is -2.01. The molecule has 1 aromatic heterocycles. The number of carboxylic acids is 1. The molecule has 0 spiro atoms. The molecular weight excluding hydrogens is 260 g/mol. The molecule has 0 unspecified atom stereocenters. The maximum absolute atomic E-state index is 10.9. The van der Waals surface area contributed by atoms with Gasteiger partial charge in [0.15, 0.2) is 4.88 Å². The molecule has 0 saturated carbocycles. The number of thiophene rings is 1. The largest absolute Gasteiger partial charge is 0.492 e. The first-order chi connectivity index (χ1) is 9.25. The summed E-state index contributed by atoms with van der Waals surface area (Å²) in [6, 6.07) is 1.73. The van der Waals surface area contributed by atoms with E-state index in [1.165, 1.54) is 56.3 Å². The van der Waals surface area contributed by atoms with Crippen molar-refractivity contribution < 1.29 is 14.6 Å². The number of hydrogen-bond donors (Lipinski definition) is 1. The molecule has 1 heterocycles. The number of rotatable bonds is 11. The van der Waals surface area contributed by atoms with Crippen molar-refractivity contribution in [1.82, 2.24) is 0 Å². The fraction of sp³-hybridized carbons (Fsp3) is 0.667. The van der Waals surface area contributed by atoms with Crippen molar-refractivity contribution in [3.63, 3.8) is 0 Å². The normalized spacial score (nSPS) is 10.6. The van der Waals surface area contributed by atoms with E-state index >= 15 is 0 Å². The van der Waals surface area contributed by atoms with E-state index < -0.39 is 5.97 Å². The van der Waals surface area contributed by atoms with Crippen LogP contribution in [0.2, 0.25) is 0 Å². The first-order valence-corrected chi connectivity index (χ1v) is 8.07. The Morgan fingerprint density at radius 1 is 1.16 bits per heavy atom. The molecule has 0 aliphatic carbocycles. The van der Waals surface area contributed by atoms with E-state index in [1.807, 2.05) is 0 Å². The zero-order chi connectivity index (χ0) is 13.9. The van der Waals surface area contributed by atoms with Crippen molar-refractivity contribution in [3.8, 4) is 5.75 Å². The van der Waals surface area contributed by atoms with Crippen LogP contribution < -0.4 is 4.74 Å². The van der Waals surface area contributed by atoms with Gasteiger partial charge in [-0.3, -0.25) is 0 Å². The summed E-state index contributed by atoms with van der Waals surface area (Å²) in [5.41, 5.74) is 0. The lowest BCUT2D eigenvalue weighted by molar-refractivity contribution is 0.0698. The Morgan fingerprint density at radius 2 is 1.79 bits per heavy atom. The quantitative estimate of drug-likeness (QED) is 0.584. The van der Waals surface area contributed by atoms with E-state index in [9.17, 15) is 4.79 Å². The van der Waals surface area contributed by atoms with Crippen molar-refractivity contribution >= 4 is 17.3 Å². The molecule has 1 N–H and O–H groups in total. The van der Waals surface area contributed by atoms with E-state index in [-0.39, 0.29) is 0 Å². The second-order valence-electron chi connectivity index (χ2n) is 4.74. The Morgan fingerprint density at radius 3 is 2.42 bits per heavy atom. The third-order valence-electron chi connectivity index (χ3n) is 3.08. The van der Waals surface area contributed by atoms with E-state index in [0.29, 0.717) is 17.2 Å². The second kappa shape index (κ2) is 9.84. The average Bonchev–Trinajstić information content (AvgIpc) is 2.85. The smallest absolute Gasteiger partial charge is 0.349 e. The highest BCUT2D eigenvalue weighted by Crippen LogP contribution is 2.24. The second-order valence-corrected chi connectivity index (χ2v) is 5.66. The third kappa shape index (κ3) is 6.62. The zero-order valence-electron chi connectivity index (χ0n) is 11.7. The third-order valence-corrected chi connectivity index (χ3v) is 3.96. The van der Waals surface area contributed by atoms with Crippen LogP contribution in [-0.4, -0.2) is 17.7 Å². The van der Waals surface area contributed by atoms with Crippen LogP contribution in [0, 0.1) is 0 Å². The topological polar surface area (TPSA) is 46.5 Å². The molecule has 0 radical (unpaired) electrons. The molecule has 0 bridgehead atoms. The average molecular weight is 284 g/mol. The zero-order valence-corrected chi connectivity index (χ0v) is 12.5. The highest BCUT2D eigenvalue weighted by atomic mass is 32.1. The van der Waals surface area contributed by atoms with Gasteiger partial charge in [0.1, 0.15) is 5.75 Å². The summed E-state index contributed by atoms with van der Waals surface area (Å²) in [5.74, 6) is -0.388. The number of hydrogen-bond acceptors (Lipinski definition) is 3.